The van der Waals surface area contributed by atoms with Crippen LogP contribution in [0.4, 0.5) is 4.39 Å². The number of hydrogen-bond donors (Lipinski definition) is 1. The minimum atomic E-state index is -0.182. The summed E-state index contributed by atoms with van der Waals surface area (Å²) in [5.41, 5.74) is 6.32. The zero-order valence-electron chi connectivity index (χ0n) is 8.99. The summed E-state index contributed by atoms with van der Waals surface area (Å²) in [4.78, 5) is 2.10. The molecule has 0 heterocycles. The number of hydrogen-bond acceptors (Lipinski definition) is 2. The molecule has 82 valence electrons. The highest BCUT2D eigenvalue weighted by molar-refractivity contribution is 5.16. The van der Waals surface area contributed by atoms with Crippen molar-refractivity contribution in [1.29, 1.82) is 0 Å². The minimum Gasteiger partial charge on any atom is -0.327 e. The van der Waals surface area contributed by atoms with Gasteiger partial charge >= 0.3 is 0 Å². The van der Waals surface area contributed by atoms with E-state index in [0.29, 0.717) is 6.54 Å². The zero-order chi connectivity index (χ0) is 11.1. The zero-order valence-corrected chi connectivity index (χ0v) is 8.99. The van der Waals surface area contributed by atoms with E-state index in [1.807, 2.05) is 25.3 Å². The van der Waals surface area contributed by atoms with Gasteiger partial charge in [0.25, 0.3) is 0 Å². The maximum atomic E-state index is 12.9. The lowest BCUT2D eigenvalue weighted by molar-refractivity contribution is 0.362. The van der Waals surface area contributed by atoms with Gasteiger partial charge in [-0.3, -0.25) is 4.90 Å². The Hall–Kier alpha value is -1.19. The summed E-state index contributed by atoms with van der Waals surface area (Å²) >= 11 is 0. The largest absolute Gasteiger partial charge is 0.327 e. The monoisotopic (exact) mass is 208 g/mol. The van der Waals surface area contributed by atoms with Crippen molar-refractivity contribution in [3.8, 4) is 0 Å². The van der Waals surface area contributed by atoms with Crippen LogP contribution < -0.4 is 5.73 Å². The van der Waals surface area contributed by atoms with Gasteiger partial charge in [0.15, 0.2) is 0 Å². The van der Waals surface area contributed by atoms with Crippen LogP contribution >= 0.6 is 0 Å². The molecule has 0 unspecified atom stereocenters. The molecule has 0 spiro atoms. The molecule has 15 heavy (non-hydrogen) atoms. The molecule has 2 nitrogen and oxygen atoms in total. The van der Waals surface area contributed by atoms with Gasteiger partial charge in [0.05, 0.1) is 0 Å². The molecule has 2 N–H and O–H groups in total. The fourth-order valence-corrected chi connectivity index (χ4v) is 1.36. The molecule has 0 atom stereocenters. The van der Waals surface area contributed by atoms with E-state index in [2.05, 4.69) is 4.90 Å². The van der Waals surface area contributed by atoms with E-state index in [1.165, 1.54) is 6.07 Å². The summed E-state index contributed by atoms with van der Waals surface area (Å²) in [6, 6.07) is 6.67. The smallest absolute Gasteiger partial charge is 0.123 e. The third kappa shape index (κ3) is 4.72. The van der Waals surface area contributed by atoms with Crippen molar-refractivity contribution in [2.45, 2.75) is 6.54 Å². The van der Waals surface area contributed by atoms with Gasteiger partial charge in [-0.05, 0) is 24.7 Å². The molecule has 0 bridgehead atoms. The Morgan fingerprint density at radius 1 is 1.40 bits per heavy atom. The number of nitrogens with zero attached hydrogens (tertiary/aromatic N) is 1. The second kappa shape index (κ2) is 6.32. The van der Waals surface area contributed by atoms with E-state index in [1.54, 1.807) is 12.1 Å². The summed E-state index contributed by atoms with van der Waals surface area (Å²) in [6.07, 6.45) is 3.93. The van der Waals surface area contributed by atoms with Crippen LogP contribution in [0, 0.1) is 5.82 Å². The highest BCUT2D eigenvalue weighted by Crippen LogP contribution is 2.05. The Balaban J connectivity index is 2.44. The van der Waals surface area contributed by atoms with Crippen molar-refractivity contribution in [1.82, 2.24) is 4.90 Å². The Morgan fingerprint density at radius 3 is 2.87 bits per heavy atom. The minimum absolute atomic E-state index is 0.182. The quantitative estimate of drug-likeness (QED) is 0.747. The second-order valence-corrected chi connectivity index (χ2v) is 3.53. The van der Waals surface area contributed by atoms with E-state index in [0.717, 1.165) is 18.7 Å². The van der Waals surface area contributed by atoms with Crippen molar-refractivity contribution in [2.24, 2.45) is 5.73 Å². The average Bonchev–Trinajstić information content (AvgIpc) is 2.18. The molecule has 0 saturated heterocycles. The first-order valence-corrected chi connectivity index (χ1v) is 5.00. The molecule has 1 aromatic carbocycles. The first-order valence-electron chi connectivity index (χ1n) is 5.00. The van der Waals surface area contributed by atoms with Gasteiger partial charge < -0.3 is 5.73 Å². The third-order valence-electron chi connectivity index (χ3n) is 2.06. The van der Waals surface area contributed by atoms with Gasteiger partial charge in [-0.2, -0.15) is 0 Å². The molecule has 3 heteroatoms. The van der Waals surface area contributed by atoms with Crippen molar-refractivity contribution in [2.75, 3.05) is 20.1 Å². The van der Waals surface area contributed by atoms with Gasteiger partial charge in [-0.15, -0.1) is 0 Å². The summed E-state index contributed by atoms with van der Waals surface area (Å²) < 4.78 is 12.9. The van der Waals surface area contributed by atoms with Crippen LogP contribution in [-0.2, 0) is 6.54 Å². The predicted octanol–water partition coefficient (Wildman–Crippen LogP) is 1.77. The molecule has 0 aliphatic carbocycles. The van der Waals surface area contributed by atoms with Crippen LogP contribution in [0.15, 0.2) is 36.4 Å². The van der Waals surface area contributed by atoms with Crippen LogP contribution in [-0.4, -0.2) is 25.0 Å². The third-order valence-corrected chi connectivity index (χ3v) is 2.06. The molecule has 0 amide bonds. The summed E-state index contributed by atoms with van der Waals surface area (Å²) in [5.74, 6) is -0.182. The first-order chi connectivity index (χ1) is 7.22. The van der Waals surface area contributed by atoms with Crippen molar-refractivity contribution < 1.29 is 4.39 Å². The fourth-order valence-electron chi connectivity index (χ4n) is 1.36. The molecule has 0 radical (unpaired) electrons. The predicted molar refractivity (Wildman–Crippen MR) is 60.9 cm³/mol. The topological polar surface area (TPSA) is 29.3 Å². The molecule has 0 saturated carbocycles. The van der Waals surface area contributed by atoms with Gasteiger partial charge in [0.2, 0.25) is 0 Å². The van der Waals surface area contributed by atoms with E-state index in [4.69, 9.17) is 5.73 Å². The number of rotatable bonds is 5. The van der Waals surface area contributed by atoms with Crippen LogP contribution in [0.1, 0.15) is 5.56 Å². The summed E-state index contributed by atoms with van der Waals surface area (Å²) in [7, 11) is 1.99. The molecule has 1 aromatic rings. The Labute approximate surface area is 90.2 Å². The number of nitrogens with two attached hydrogens (primary N) is 1. The lowest BCUT2D eigenvalue weighted by atomic mass is 10.2. The van der Waals surface area contributed by atoms with E-state index in [-0.39, 0.29) is 5.82 Å². The summed E-state index contributed by atoms with van der Waals surface area (Å²) in [5, 5.41) is 0. The van der Waals surface area contributed by atoms with E-state index >= 15 is 0 Å². The first kappa shape index (κ1) is 11.9. The van der Waals surface area contributed by atoms with Gasteiger partial charge in [-0.1, -0.05) is 24.3 Å². The van der Waals surface area contributed by atoms with Crippen molar-refractivity contribution in [3.05, 3.63) is 47.8 Å². The number of likely N-dealkylation sites (N-methyl/N-ethyl adjacent to an activating group) is 1. The molecule has 0 aliphatic heterocycles. The van der Waals surface area contributed by atoms with Crippen LogP contribution in [0.25, 0.3) is 0 Å². The van der Waals surface area contributed by atoms with Gasteiger partial charge in [0.1, 0.15) is 5.82 Å². The van der Waals surface area contributed by atoms with Crippen LogP contribution in [0.2, 0.25) is 0 Å². The van der Waals surface area contributed by atoms with Crippen LogP contribution in [0.5, 0.6) is 0 Å². The SMILES string of the molecule is CN(CC=CCN)Cc1cccc(F)c1. The van der Waals surface area contributed by atoms with E-state index < -0.39 is 0 Å². The lowest BCUT2D eigenvalue weighted by Gasteiger charge is -2.14. The molecule has 0 aromatic heterocycles. The average molecular weight is 208 g/mol. The molecule has 1 rings (SSSR count). The molecular formula is C12H17FN2. The highest BCUT2D eigenvalue weighted by Gasteiger charge is 1.99. The van der Waals surface area contributed by atoms with E-state index in [9.17, 15) is 4.39 Å². The summed E-state index contributed by atoms with van der Waals surface area (Å²) in [6.45, 7) is 2.13. The normalized spacial score (nSPS) is 11.5. The maximum Gasteiger partial charge on any atom is 0.123 e. The van der Waals surface area contributed by atoms with Crippen molar-refractivity contribution in [3.63, 3.8) is 0 Å². The second-order valence-electron chi connectivity index (χ2n) is 3.53. The number of benzene rings is 1. The lowest BCUT2D eigenvalue weighted by Crippen LogP contribution is -2.17. The Bertz CT molecular complexity index is 323. The van der Waals surface area contributed by atoms with Crippen LogP contribution in [0.3, 0.4) is 0 Å². The highest BCUT2D eigenvalue weighted by atomic mass is 19.1. The molecule has 0 fully saturated rings. The molecule has 0 aliphatic rings. The van der Waals surface area contributed by atoms with Gasteiger partial charge in [0, 0.05) is 19.6 Å². The fraction of sp³-hybridized carbons (Fsp3) is 0.333. The number of halogens is 1. The van der Waals surface area contributed by atoms with Gasteiger partial charge in [-0.25, -0.2) is 4.39 Å². The Morgan fingerprint density at radius 2 is 2.20 bits per heavy atom. The Kier molecular flexibility index (Phi) is 5.01. The standard InChI is InChI=1S/C12H17FN2/c1-15(8-3-2-7-14)10-11-5-4-6-12(13)9-11/h2-6,9H,7-8,10,14H2,1H3. The maximum absolute atomic E-state index is 12.9. The molecular weight excluding hydrogens is 191 g/mol. The van der Waals surface area contributed by atoms with Crippen molar-refractivity contribution >= 4 is 0 Å².